The van der Waals surface area contributed by atoms with E-state index in [9.17, 15) is 0 Å². The highest BCUT2D eigenvalue weighted by Gasteiger charge is 2.13. The van der Waals surface area contributed by atoms with Gasteiger partial charge in [0, 0.05) is 0 Å². The Kier molecular flexibility index (Phi) is 3.26. The molecule has 0 saturated heterocycles. The van der Waals surface area contributed by atoms with E-state index in [1.54, 1.807) is 0 Å². The van der Waals surface area contributed by atoms with E-state index in [0.29, 0.717) is 18.3 Å². The van der Waals surface area contributed by atoms with Gasteiger partial charge in [0.15, 0.2) is 0 Å². The third kappa shape index (κ3) is 2.20. The van der Waals surface area contributed by atoms with Crippen LogP contribution in [0.3, 0.4) is 0 Å². The molecule has 5 heteroatoms. The Hall–Kier alpha value is -1.81. The van der Waals surface area contributed by atoms with Crippen LogP contribution in [-0.4, -0.2) is 14.5 Å². The molecule has 3 aromatic rings. The van der Waals surface area contributed by atoms with Crippen molar-refractivity contribution in [2.75, 3.05) is 0 Å². The molecule has 3 rings (SSSR count). The van der Waals surface area contributed by atoms with Gasteiger partial charge in [-0.1, -0.05) is 6.07 Å². The quantitative estimate of drug-likeness (QED) is 0.690. The van der Waals surface area contributed by atoms with Crippen LogP contribution in [0.5, 0.6) is 0 Å². The Labute approximate surface area is 122 Å². The fourth-order valence-corrected chi connectivity index (χ4v) is 2.51. The molecule has 0 aliphatic heterocycles. The second-order valence-corrected chi connectivity index (χ2v) is 5.26. The first kappa shape index (κ1) is 13.2. The van der Waals surface area contributed by atoms with Gasteiger partial charge in [0.05, 0.1) is 22.6 Å². The summed E-state index contributed by atoms with van der Waals surface area (Å²) < 4.78 is 7.73. The summed E-state index contributed by atoms with van der Waals surface area (Å²) in [4.78, 5) is 8.99. The predicted octanol–water partition coefficient (Wildman–Crippen LogP) is 3.74. The van der Waals surface area contributed by atoms with Crippen molar-refractivity contribution in [1.29, 1.82) is 0 Å². The van der Waals surface area contributed by atoms with Crippen LogP contribution in [0.2, 0.25) is 0 Å². The van der Waals surface area contributed by atoms with Gasteiger partial charge in [0.2, 0.25) is 5.89 Å². The summed E-state index contributed by atoms with van der Waals surface area (Å²) >= 11 is 6.01. The van der Waals surface area contributed by atoms with Gasteiger partial charge >= 0.3 is 0 Å². The van der Waals surface area contributed by atoms with Crippen molar-refractivity contribution in [3.63, 3.8) is 0 Å². The number of hydrogen-bond donors (Lipinski definition) is 0. The van der Waals surface area contributed by atoms with Gasteiger partial charge in [0.1, 0.15) is 18.1 Å². The van der Waals surface area contributed by atoms with Crippen LogP contribution in [0, 0.1) is 20.8 Å². The van der Waals surface area contributed by atoms with Crippen molar-refractivity contribution < 1.29 is 4.42 Å². The van der Waals surface area contributed by atoms with Crippen molar-refractivity contribution in [2.24, 2.45) is 0 Å². The van der Waals surface area contributed by atoms with Gasteiger partial charge in [-0.2, -0.15) is 0 Å². The minimum absolute atomic E-state index is 0.367. The molecule has 0 N–H and O–H groups in total. The zero-order valence-electron chi connectivity index (χ0n) is 11.8. The zero-order valence-corrected chi connectivity index (χ0v) is 12.5. The van der Waals surface area contributed by atoms with Crippen molar-refractivity contribution in [2.45, 2.75) is 33.2 Å². The Morgan fingerprint density at radius 1 is 1.20 bits per heavy atom. The lowest BCUT2D eigenvalue weighted by molar-refractivity contribution is 0.457. The lowest BCUT2D eigenvalue weighted by atomic mass is 10.2. The highest BCUT2D eigenvalue weighted by molar-refractivity contribution is 6.16. The predicted molar refractivity (Wildman–Crippen MR) is 79.1 cm³/mol. The number of imidazole rings is 1. The van der Waals surface area contributed by atoms with Crippen LogP contribution >= 0.6 is 11.6 Å². The van der Waals surface area contributed by atoms with E-state index in [2.05, 4.69) is 33.6 Å². The van der Waals surface area contributed by atoms with Gasteiger partial charge < -0.3 is 8.98 Å². The standard InChI is InChI=1S/C15H16ClN3O/c1-9-4-5-12-13(6-9)19(14(7-16)18-12)8-15-17-10(2)11(3)20-15/h4-6H,7-8H2,1-3H3. The summed E-state index contributed by atoms with van der Waals surface area (Å²) in [6, 6.07) is 6.18. The molecule has 0 atom stereocenters. The van der Waals surface area contributed by atoms with E-state index in [4.69, 9.17) is 16.0 Å². The van der Waals surface area contributed by atoms with Crippen LogP contribution in [0.1, 0.15) is 28.7 Å². The number of hydrogen-bond acceptors (Lipinski definition) is 3. The van der Waals surface area contributed by atoms with E-state index < -0.39 is 0 Å². The largest absolute Gasteiger partial charge is 0.444 e. The molecule has 0 amide bonds. The molecule has 4 nitrogen and oxygen atoms in total. The molecular weight excluding hydrogens is 274 g/mol. The zero-order chi connectivity index (χ0) is 14.3. The first-order valence-electron chi connectivity index (χ1n) is 6.53. The summed E-state index contributed by atoms with van der Waals surface area (Å²) in [5.74, 6) is 2.74. The number of oxazole rings is 1. The summed E-state index contributed by atoms with van der Waals surface area (Å²) in [7, 11) is 0. The maximum absolute atomic E-state index is 6.01. The molecule has 2 aromatic heterocycles. The Bertz CT molecular complexity index is 753. The van der Waals surface area contributed by atoms with Crippen LogP contribution in [0.15, 0.2) is 22.6 Å². The monoisotopic (exact) mass is 289 g/mol. The van der Waals surface area contributed by atoms with Crippen molar-refractivity contribution >= 4 is 22.6 Å². The second-order valence-electron chi connectivity index (χ2n) is 4.99. The van der Waals surface area contributed by atoms with Gasteiger partial charge in [-0.15, -0.1) is 11.6 Å². The van der Waals surface area contributed by atoms with E-state index in [1.807, 2.05) is 19.9 Å². The van der Waals surface area contributed by atoms with E-state index in [0.717, 1.165) is 28.3 Å². The molecule has 20 heavy (non-hydrogen) atoms. The van der Waals surface area contributed by atoms with E-state index in [-0.39, 0.29) is 0 Å². The molecule has 0 unspecified atom stereocenters. The lowest BCUT2D eigenvalue weighted by Gasteiger charge is -2.05. The number of halogens is 1. The molecule has 104 valence electrons. The number of nitrogens with zero attached hydrogens (tertiary/aromatic N) is 3. The average Bonchev–Trinajstić information content (AvgIpc) is 2.91. The molecule has 0 aliphatic rings. The number of alkyl halides is 1. The minimum atomic E-state index is 0.367. The van der Waals surface area contributed by atoms with E-state index >= 15 is 0 Å². The average molecular weight is 290 g/mol. The van der Waals surface area contributed by atoms with Gasteiger partial charge in [-0.25, -0.2) is 9.97 Å². The third-order valence-electron chi connectivity index (χ3n) is 3.47. The molecule has 0 radical (unpaired) electrons. The fourth-order valence-electron chi connectivity index (χ4n) is 2.30. The van der Waals surface area contributed by atoms with Gasteiger partial charge in [0.25, 0.3) is 0 Å². The molecule has 0 fully saturated rings. The summed E-state index contributed by atoms with van der Waals surface area (Å²) in [6.45, 7) is 6.48. The van der Waals surface area contributed by atoms with Gasteiger partial charge in [-0.05, 0) is 38.5 Å². The maximum atomic E-state index is 6.01. The molecule has 0 saturated carbocycles. The molecule has 1 aromatic carbocycles. The van der Waals surface area contributed by atoms with Gasteiger partial charge in [-0.3, -0.25) is 0 Å². The highest BCUT2D eigenvalue weighted by Crippen LogP contribution is 2.21. The topological polar surface area (TPSA) is 43.9 Å². The summed E-state index contributed by atoms with van der Waals surface area (Å²) in [6.07, 6.45) is 0. The number of rotatable bonds is 3. The second kappa shape index (κ2) is 4.94. The molecule has 2 heterocycles. The first-order chi connectivity index (χ1) is 9.58. The van der Waals surface area contributed by atoms with E-state index in [1.165, 1.54) is 5.56 Å². The van der Waals surface area contributed by atoms with Crippen molar-refractivity contribution in [1.82, 2.24) is 14.5 Å². The summed E-state index contributed by atoms with van der Waals surface area (Å²) in [5.41, 5.74) is 4.13. The Morgan fingerprint density at radius 2 is 2.00 bits per heavy atom. The molecular formula is C15H16ClN3O. The molecule has 0 spiro atoms. The van der Waals surface area contributed by atoms with Crippen LogP contribution in [0.25, 0.3) is 11.0 Å². The van der Waals surface area contributed by atoms with Crippen molar-refractivity contribution in [3.8, 4) is 0 Å². The third-order valence-corrected chi connectivity index (χ3v) is 3.71. The Balaban J connectivity index is 2.11. The Morgan fingerprint density at radius 3 is 2.65 bits per heavy atom. The molecule has 0 aliphatic carbocycles. The summed E-state index contributed by atoms with van der Waals surface area (Å²) in [5, 5.41) is 0. The van der Waals surface area contributed by atoms with Crippen molar-refractivity contribution in [3.05, 3.63) is 46.9 Å². The SMILES string of the molecule is Cc1ccc2nc(CCl)n(Cc3nc(C)c(C)o3)c2c1. The number of aromatic nitrogens is 3. The van der Waals surface area contributed by atoms with Crippen LogP contribution in [-0.2, 0) is 12.4 Å². The first-order valence-corrected chi connectivity index (χ1v) is 7.06. The normalized spacial score (nSPS) is 11.4. The number of benzene rings is 1. The smallest absolute Gasteiger partial charge is 0.214 e. The molecule has 0 bridgehead atoms. The number of fused-ring (bicyclic) bond motifs is 1. The lowest BCUT2D eigenvalue weighted by Crippen LogP contribution is -2.04. The fraction of sp³-hybridized carbons (Fsp3) is 0.333. The van der Waals surface area contributed by atoms with Crippen LogP contribution in [0.4, 0.5) is 0 Å². The highest BCUT2D eigenvalue weighted by atomic mass is 35.5. The maximum Gasteiger partial charge on any atom is 0.214 e. The minimum Gasteiger partial charge on any atom is -0.444 e. The van der Waals surface area contributed by atoms with Crippen LogP contribution < -0.4 is 0 Å². The number of aryl methyl sites for hydroxylation is 3.